The van der Waals surface area contributed by atoms with Crippen molar-refractivity contribution in [3.05, 3.63) is 41.6 Å². The van der Waals surface area contributed by atoms with Gasteiger partial charge in [-0.25, -0.2) is 0 Å². The van der Waals surface area contributed by atoms with Crippen molar-refractivity contribution in [3.63, 3.8) is 0 Å². The fourth-order valence-corrected chi connectivity index (χ4v) is 2.80. The summed E-state index contributed by atoms with van der Waals surface area (Å²) >= 11 is 6.05. The number of hydrogen-bond donors (Lipinski definition) is 1. The maximum atomic E-state index is 6.05. The Hall–Kier alpha value is -1.12. The highest BCUT2D eigenvalue weighted by atomic mass is 35.5. The minimum atomic E-state index is 0.365. The van der Waals surface area contributed by atoms with Crippen LogP contribution < -0.4 is 5.32 Å². The number of alkyl halides is 1. The molecule has 0 aliphatic rings. The number of aromatic nitrogens is 1. The molecule has 1 heterocycles. The fourth-order valence-electron chi connectivity index (χ4n) is 2.57. The summed E-state index contributed by atoms with van der Waals surface area (Å²) < 4.78 is 0. The van der Waals surface area contributed by atoms with Crippen LogP contribution in [0.15, 0.2) is 30.3 Å². The number of para-hydroxylation sites is 1. The van der Waals surface area contributed by atoms with E-state index in [1.807, 2.05) is 13.0 Å². The summed E-state index contributed by atoms with van der Waals surface area (Å²) in [4.78, 5) is 4.58. The molecule has 2 nitrogen and oxygen atoms in total. The highest BCUT2D eigenvalue weighted by Gasteiger charge is 2.10. The van der Waals surface area contributed by atoms with Gasteiger partial charge in [0.1, 0.15) is 0 Å². The molecule has 2 aromatic rings. The number of halogens is 1. The molecule has 108 valence electrons. The van der Waals surface area contributed by atoms with E-state index in [1.54, 1.807) is 0 Å². The standard InChI is InChI=1S/C17H23ClN2/c1-12(2)8-15(10-18)19-11-14-9-13(3)20-17-7-5-4-6-16(14)17/h4-7,9,12,15,19H,8,10-11H2,1-3H3. The average molecular weight is 291 g/mol. The van der Waals surface area contributed by atoms with Crippen LogP contribution in [-0.4, -0.2) is 16.9 Å². The van der Waals surface area contributed by atoms with Gasteiger partial charge in [0.25, 0.3) is 0 Å². The first-order valence-electron chi connectivity index (χ1n) is 7.24. The van der Waals surface area contributed by atoms with Gasteiger partial charge in [-0.05, 0) is 37.0 Å². The Balaban J connectivity index is 2.16. The predicted octanol–water partition coefficient (Wildman–Crippen LogP) is 4.29. The summed E-state index contributed by atoms with van der Waals surface area (Å²) in [6.07, 6.45) is 1.10. The minimum Gasteiger partial charge on any atom is -0.309 e. The van der Waals surface area contributed by atoms with Crippen molar-refractivity contribution >= 4 is 22.5 Å². The van der Waals surface area contributed by atoms with Crippen LogP contribution in [0.5, 0.6) is 0 Å². The molecule has 0 aliphatic carbocycles. The molecule has 1 N–H and O–H groups in total. The van der Waals surface area contributed by atoms with Gasteiger partial charge in [-0.1, -0.05) is 32.0 Å². The van der Waals surface area contributed by atoms with Gasteiger partial charge in [0.2, 0.25) is 0 Å². The highest BCUT2D eigenvalue weighted by Crippen LogP contribution is 2.18. The van der Waals surface area contributed by atoms with Crippen LogP contribution in [-0.2, 0) is 6.54 Å². The van der Waals surface area contributed by atoms with Crippen molar-refractivity contribution in [3.8, 4) is 0 Å². The molecule has 1 aromatic carbocycles. The van der Waals surface area contributed by atoms with E-state index in [-0.39, 0.29) is 0 Å². The third-order valence-corrected chi connectivity index (χ3v) is 3.83. The molecule has 0 bridgehead atoms. The molecule has 0 saturated heterocycles. The molecule has 3 heteroatoms. The second-order valence-corrected chi connectivity index (χ2v) is 6.11. The molecule has 1 aromatic heterocycles. The van der Waals surface area contributed by atoms with Gasteiger partial charge in [0, 0.05) is 29.5 Å². The Morgan fingerprint density at radius 1 is 1.25 bits per heavy atom. The molecule has 1 unspecified atom stereocenters. The number of pyridine rings is 1. The summed E-state index contributed by atoms with van der Waals surface area (Å²) in [5.74, 6) is 1.31. The van der Waals surface area contributed by atoms with Gasteiger partial charge in [0.15, 0.2) is 0 Å². The quantitative estimate of drug-likeness (QED) is 0.803. The van der Waals surface area contributed by atoms with E-state index in [9.17, 15) is 0 Å². The first kappa shape index (κ1) is 15.3. The number of benzene rings is 1. The number of aryl methyl sites for hydroxylation is 1. The highest BCUT2D eigenvalue weighted by molar-refractivity contribution is 6.18. The molecular formula is C17H23ClN2. The predicted molar refractivity (Wildman–Crippen MR) is 87.3 cm³/mol. The van der Waals surface area contributed by atoms with Crippen LogP contribution in [0, 0.1) is 12.8 Å². The van der Waals surface area contributed by atoms with E-state index in [2.05, 4.69) is 48.4 Å². The Morgan fingerprint density at radius 2 is 2.00 bits per heavy atom. The smallest absolute Gasteiger partial charge is 0.0708 e. The monoisotopic (exact) mass is 290 g/mol. The van der Waals surface area contributed by atoms with Crippen molar-refractivity contribution < 1.29 is 0 Å². The summed E-state index contributed by atoms with van der Waals surface area (Å²) in [5.41, 5.74) is 3.43. The van der Waals surface area contributed by atoms with Crippen molar-refractivity contribution in [2.75, 3.05) is 5.88 Å². The largest absolute Gasteiger partial charge is 0.309 e. The van der Waals surface area contributed by atoms with Crippen LogP contribution in [0.2, 0.25) is 0 Å². The molecule has 0 fully saturated rings. The number of hydrogen-bond acceptors (Lipinski definition) is 2. The lowest BCUT2D eigenvalue weighted by Crippen LogP contribution is -2.31. The zero-order valence-electron chi connectivity index (χ0n) is 12.5. The number of nitrogens with one attached hydrogen (secondary N) is 1. The summed E-state index contributed by atoms with van der Waals surface area (Å²) in [7, 11) is 0. The van der Waals surface area contributed by atoms with E-state index in [0.717, 1.165) is 24.2 Å². The molecule has 0 amide bonds. The van der Waals surface area contributed by atoms with E-state index in [0.29, 0.717) is 17.8 Å². The Morgan fingerprint density at radius 3 is 2.70 bits per heavy atom. The third kappa shape index (κ3) is 3.94. The lowest BCUT2D eigenvalue weighted by molar-refractivity contribution is 0.445. The van der Waals surface area contributed by atoms with Crippen LogP contribution in [0.1, 0.15) is 31.5 Å². The first-order chi connectivity index (χ1) is 9.60. The Labute approximate surface area is 126 Å². The van der Waals surface area contributed by atoms with Gasteiger partial charge in [-0.15, -0.1) is 11.6 Å². The topological polar surface area (TPSA) is 24.9 Å². The zero-order valence-corrected chi connectivity index (χ0v) is 13.2. The SMILES string of the molecule is Cc1cc(CNC(CCl)CC(C)C)c2ccccc2n1. The minimum absolute atomic E-state index is 0.365. The molecule has 0 aliphatic heterocycles. The second-order valence-electron chi connectivity index (χ2n) is 5.80. The van der Waals surface area contributed by atoms with E-state index in [4.69, 9.17) is 11.6 Å². The van der Waals surface area contributed by atoms with Gasteiger partial charge >= 0.3 is 0 Å². The lowest BCUT2D eigenvalue weighted by atomic mass is 10.0. The second kappa shape index (κ2) is 7.05. The van der Waals surface area contributed by atoms with Gasteiger partial charge in [-0.2, -0.15) is 0 Å². The summed E-state index contributed by atoms with van der Waals surface area (Å²) in [6.45, 7) is 7.34. The number of nitrogens with zero attached hydrogens (tertiary/aromatic N) is 1. The number of fused-ring (bicyclic) bond motifs is 1. The molecule has 2 rings (SSSR count). The first-order valence-corrected chi connectivity index (χ1v) is 7.78. The van der Waals surface area contributed by atoms with Crippen molar-refractivity contribution in [2.45, 2.75) is 39.8 Å². The molecular weight excluding hydrogens is 268 g/mol. The van der Waals surface area contributed by atoms with E-state index < -0.39 is 0 Å². The van der Waals surface area contributed by atoms with Gasteiger partial charge < -0.3 is 5.32 Å². The van der Waals surface area contributed by atoms with E-state index in [1.165, 1.54) is 10.9 Å². The van der Waals surface area contributed by atoms with Crippen LogP contribution in [0.25, 0.3) is 10.9 Å². The number of rotatable bonds is 6. The van der Waals surface area contributed by atoms with Gasteiger partial charge in [0.05, 0.1) is 5.52 Å². The van der Waals surface area contributed by atoms with Crippen molar-refractivity contribution in [1.82, 2.24) is 10.3 Å². The van der Waals surface area contributed by atoms with Crippen LogP contribution in [0.4, 0.5) is 0 Å². The zero-order chi connectivity index (χ0) is 14.5. The van der Waals surface area contributed by atoms with Crippen molar-refractivity contribution in [1.29, 1.82) is 0 Å². The Kier molecular flexibility index (Phi) is 5.38. The lowest BCUT2D eigenvalue weighted by Gasteiger charge is -2.19. The van der Waals surface area contributed by atoms with E-state index >= 15 is 0 Å². The van der Waals surface area contributed by atoms with Crippen LogP contribution >= 0.6 is 11.6 Å². The molecule has 0 spiro atoms. The maximum absolute atomic E-state index is 6.05. The summed E-state index contributed by atoms with van der Waals surface area (Å²) in [6, 6.07) is 10.8. The fraction of sp³-hybridized carbons (Fsp3) is 0.471. The average Bonchev–Trinajstić information content (AvgIpc) is 2.42. The molecule has 0 radical (unpaired) electrons. The van der Waals surface area contributed by atoms with Gasteiger partial charge in [-0.3, -0.25) is 4.98 Å². The molecule has 0 saturated carbocycles. The molecule has 20 heavy (non-hydrogen) atoms. The summed E-state index contributed by atoms with van der Waals surface area (Å²) in [5, 5.41) is 4.80. The van der Waals surface area contributed by atoms with Crippen LogP contribution in [0.3, 0.4) is 0 Å². The maximum Gasteiger partial charge on any atom is 0.0708 e. The normalized spacial score (nSPS) is 13.1. The third-order valence-electron chi connectivity index (χ3n) is 3.45. The Bertz CT molecular complexity index is 566. The van der Waals surface area contributed by atoms with Crippen molar-refractivity contribution in [2.24, 2.45) is 5.92 Å². The molecule has 1 atom stereocenters.